The molecule has 2 heteroatoms. The van der Waals surface area contributed by atoms with E-state index in [2.05, 4.69) is 18.7 Å². The molecule has 0 spiro atoms. The number of carbonyl (C=O) groups is 1. The minimum absolute atomic E-state index is 0.315. The van der Waals surface area contributed by atoms with Crippen molar-refractivity contribution < 1.29 is 4.79 Å². The molecule has 1 saturated carbocycles. The maximum absolute atomic E-state index is 10.8. The molecule has 2 unspecified atom stereocenters. The van der Waals surface area contributed by atoms with Crippen molar-refractivity contribution in [3.05, 3.63) is 0 Å². The molecule has 80 valence electrons. The summed E-state index contributed by atoms with van der Waals surface area (Å²) in [5.74, 6) is 1.28. The van der Waals surface area contributed by atoms with Crippen molar-refractivity contribution >= 4 is 6.29 Å². The zero-order valence-electron chi connectivity index (χ0n) is 9.28. The molecule has 2 atom stereocenters. The number of aldehydes is 1. The fourth-order valence-electron chi connectivity index (χ4n) is 2.75. The molecule has 1 saturated heterocycles. The van der Waals surface area contributed by atoms with Gasteiger partial charge < -0.3 is 4.79 Å². The summed E-state index contributed by atoms with van der Waals surface area (Å²) in [4.78, 5) is 13.4. The fraction of sp³-hybridized carbons (Fsp3) is 0.917. The number of piperidine rings is 1. The summed E-state index contributed by atoms with van der Waals surface area (Å²) >= 11 is 0. The third-order valence-electron chi connectivity index (χ3n) is 3.78. The first-order valence-electron chi connectivity index (χ1n) is 5.91. The van der Waals surface area contributed by atoms with E-state index in [1.165, 1.54) is 19.4 Å². The van der Waals surface area contributed by atoms with E-state index in [4.69, 9.17) is 0 Å². The van der Waals surface area contributed by atoms with Crippen LogP contribution in [0.1, 0.15) is 39.5 Å². The third kappa shape index (κ3) is 2.17. The number of nitrogens with zero attached hydrogens (tertiary/aromatic N) is 1. The van der Waals surface area contributed by atoms with Crippen LogP contribution in [0.25, 0.3) is 0 Å². The number of hydrogen-bond donors (Lipinski definition) is 0. The molecule has 1 aliphatic carbocycles. The van der Waals surface area contributed by atoms with Gasteiger partial charge in [0.05, 0.1) is 0 Å². The van der Waals surface area contributed by atoms with Crippen molar-refractivity contribution in [2.75, 3.05) is 6.54 Å². The largest absolute Gasteiger partial charge is 0.303 e. The molecule has 0 bridgehead atoms. The SMILES string of the molecule is CC1CC(C=O)CC(C)N1CC1CC1. The Bertz CT molecular complexity index is 200. The van der Waals surface area contributed by atoms with Gasteiger partial charge >= 0.3 is 0 Å². The van der Waals surface area contributed by atoms with Gasteiger partial charge in [-0.15, -0.1) is 0 Å². The number of hydrogen-bond acceptors (Lipinski definition) is 2. The van der Waals surface area contributed by atoms with Gasteiger partial charge in [-0.25, -0.2) is 0 Å². The number of likely N-dealkylation sites (tertiary alicyclic amines) is 1. The Hall–Kier alpha value is -0.370. The van der Waals surface area contributed by atoms with Crippen molar-refractivity contribution in [2.45, 2.75) is 51.6 Å². The van der Waals surface area contributed by atoms with Gasteiger partial charge in [0.2, 0.25) is 0 Å². The van der Waals surface area contributed by atoms with E-state index in [1.807, 2.05) is 0 Å². The van der Waals surface area contributed by atoms with Crippen LogP contribution in [-0.4, -0.2) is 29.8 Å². The Morgan fingerprint density at radius 1 is 1.21 bits per heavy atom. The summed E-state index contributed by atoms with van der Waals surface area (Å²) in [5.41, 5.74) is 0. The molecule has 0 radical (unpaired) electrons. The van der Waals surface area contributed by atoms with Crippen LogP contribution in [-0.2, 0) is 4.79 Å². The molecule has 0 aromatic carbocycles. The molecule has 1 aliphatic heterocycles. The highest BCUT2D eigenvalue weighted by molar-refractivity contribution is 5.53. The molecular weight excluding hydrogens is 174 g/mol. The first-order chi connectivity index (χ1) is 6.70. The maximum atomic E-state index is 10.8. The summed E-state index contributed by atoms with van der Waals surface area (Å²) in [6.07, 6.45) is 6.14. The highest BCUT2D eigenvalue weighted by Gasteiger charge is 2.34. The molecule has 0 aromatic rings. The molecule has 0 amide bonds. The second-order valence-electron chi connectivity index (χ2n) is 5.21. The molecule has 1 heterocycles. The van der Waals surface area contributed by atoms with Crippen LogP contribution in [0.2, 0.25) is 0 Å². The van der Waals surface area contributed by atoms with Gasteiger partial charge in [0, 0.05) is 24.5 Å². The lowest BCUT2D eigenvalue weighted by atomic mass is 9.88. The van der Waals surface area contributed by atoms with Gasteiger partial charge in [-0.05, 0) is 45.4 Å². The van der Waals surface area contributed by atoms with Crippen LogP contribution in [0.5, 0.6) is 0 Å². The fourth-order valence-corrected chi connectivity index (χ4v) is 2.75. The van der Waals surface area contributed by atoms with Gasteiger partial charge in [0.25, 0.3) is 0 Å². The quantitative estimate of drug-likeness (QED) is 0.643. The molecule has 2 nitrogen and oxygen atoms in total. The van der Waals surface area contributed by atoms with Gasteiger partial charge in [-0.1, -0.05) is 0 Å². The van der Waals surface area contributed by atoms with E-state index in [-0.39, 0.29) is 0 Å². The van der Waals surface area contributed by atoms with Crippen molar-refractivity contribution in [1.29, 1.82) is 0 Å². The van der Waals surface area contributed by atoms with E-state index >= 15 is 0 Å². The van der Waals surface area contributed by atoms with E-state index < -0.39 is 0 Å². The molecular formula is C12H21NO. The van der Waals surface area contributed by atoms with Gasteiger partial charge in [0.15, 0.2) is 0 Å². The second-order valence-corrected chi connectivity index (χ2v) is 5.21. The predicted octanol–water partition coefficient (Wildman–Crippen LogP) is 2.08. The smallest absolute Gasteiger partial charge is 0.123 e. The van der Waals surface area contributed by atoms with E-state index in [9.17, 15) is 4.79 Å². The first-order valence-corrected chi connectivity index (χ1v) is 5.91. The Morgan fingerprint density at radius 3 is 2.21 bits per heavy atom. The Morgan fingerprint density at radius 2 is 1.79 bits per heavy atom. The highest BCUT2D eigenvalue weighted by Crippen LogP contribution is 2.34. The lowest BCUT2D eigenvalue weighted by Crippen LogP contribution is -2.47. The second kappa shape index (κ2) is 4.01. The van der Waals surface area contributed by atoms with Crippen molar-refractivity contribution in [2.24, 2.45) is 11.8 Å². The Kier molecular flexibility index (Phi) is 2.91. The summed E-state index contributed by atoms with van der Waals surface area (Å²) in [5, 5.41) is 0. The van der Waals surface area contributed by atoms with E-state index in [0.717, 1.165) is 25.0 Å². The summed E-state index contributed by atoms with van der Waals surface area (Å²) < 4.78 is 0. The van der Waals surface area contributed by atoms with Gasteiger partial charge in [-0.3, -0.25) is 4.90 Å². The van der Waals surface area contributed by atoms with Crippen LogP contribution < -0.4 is 0 Å². The van der Waals surface area contributed by atoms with E-state index in [1.54, 1.807) is 0 Å². The van der Waals surface area contributed by atoms with Crippen molar-refractivity contribution in [3.63, 3.8) is 0 Å². The minimum Gasteiger partial charge on any atom is -0.303 e. The summed E-state index contributed by atoms with van der Waals surface area (Å²) in [6.45, 7) is 5.82. The van der Waals surface area contributed by atoms with Crippen LogP contribution >= 0.6 is 0 Å². The van der Waals surface area contributed by atoms with Crippen LogP contribution in [0.4, 0.5) is 0 Å². The zero-order chi connectivity index (χ0) is 10.1. The number of carbonyl (C=O) groups excluding carboxylic acids is 1. The Labute approximate surface area is 86.7 Å². The lowest BCUT2D eigenvalue weighted by molar-refractivity contribution is -0.113. The van der Waals surface area contributed by atoms with Crippen LogP contribution in [0.15, 0.2) is 0 Å². The molecule has 2 fully saturated rings. The monoisotopic (exact) mass is 195 g/mol. The van der Waals surface area contributed by atoms with Gasteiger partial charge in [-0.2, -0.15) is 0 Å². The maximum Gasteiger partial charge on any atom is 0.123 e. The standard InChI is InChI=1S/C12H21NO/c1-9-5-12(8-14)6-10(2)13(9)7-11-3-4-11/h8-12H,3-7H2,1-2H3. The minimum atomic E-state index is 0.315. The van der Waals surface area contributed by atoms with Crippen molar-refractivity contribution in [1.82, 2.24) is 4.90 Å². The molecule has 2 aliphatic rings. The average Bonchev–Trinajstić information content (AvgIpc) is 2.94. The van der Waals surface area contributed by atoms with E-state index in [0.29, 0.717) is 18.0 Å². The summed E-state index contributed by atoms with van der Waals surface area (Å²) in [6, 6.07) is 1.21. The molecule has 2 rings (SSSR count). The molecule has 0 aromatic heterocycles. The van der Waals surface area contributed by atoms with Crippen LogP contribution in [0, 0.1) is 11.8 Å². The first kappa shape index (κ1) is 10.2. The highest BCUT2D eigenvalue weighted by atomic mass is 16.1. The lowest BCUT2D eigenvalue weighted by Gasteiger charge is -2.41. The molecule has 0 N–H and O–H groups in total. The normalized spacial score (nSPS) is 39.7. The van der Waals surface area contributed by atoms with Gasteiger partial charge in [0.1, 0.15) is 6.29 Å². The molecule has 14 heavy (non-hydrogen) atoms. The average molecular weight is 195 g/mol. The third-order valence-corrected chi connectivity index (χ3v) is 3.78. The van der Waals surface area contributed by atoms with Crippen molar-refractivity contribution in [3.8, 4) is 0 Å². The predicted molar refractivity (Wildman–Crippen MR) is 57.1 cm³/mol. The Balaban J connectivity index is 1.92. The number of rotatable bonds is 3. The summed E-state index contributed by atoms with van der Waals surface area (Å²) in [7, 11) is 0. The van der Waals surface area contributed by atoms with Crippen LogP contribution in [0.3, 0.4) is 0 Å². The zero-order valence-corrected chi connectivity index (χ0v) is 9.28. The topological polar surface area (TPSA) is 20.3 Å².